The topological polar surface area (TPSA) is 75.4 Å². The first-order chi connectivity index (χ1) is 12.1. The number of amides is 2. The Morgan fingerprint density at radius 1 is 1.32 bits per heavy atom. The Morgan fingerprint density at radius 3 is 2.76 bits per heavy atom. The molecule has 6 heteroatoms. The Hall–Kier alpha value is -2.63. The Kier molecular flexibility index (Phi) is 4.88. The third-order valence-corrected chi connectivity index (χ3v) is 4.72. The van der Waals surface area contributed by atoms with Gasteiger partial charge in [-0.1, -0.05) is 35.5 Å². The maximum atomic E-state index is 12.8. The molecule has 1 saturated heterocycles. The molecular formula is C19H23N3O3. The molecule has 1 N–H and O–H groups in total. The zero-order chi connectivity index (χ0) is 17.9. The van der Waals surface area contributed by atoms with Gasteiger partial charge >= 0.3 is 0 Å². The van der Waals surface area contributed by atoms with Gasteiger partial charge in [0.1, 0.15) is 17.0 Å². The maximum Gasteiger partial charge on any atom is 0.246 e. The second kappa shape index (κ2) is 7.09. The Balaban J connectivity index is 1.90. The molecule has 1 aromatic carbocycles. The van der Waals surface area contributed by atoms with Crippen molar-refractivity contribution in [2.75, 3.05) is 13.1 Å². The number of likely N-dealkylation sites (N-methyl/N-ethyl adjacent to an activating group) is 1. The van der Waals surface area contributed by atoms with Crippen LogP contribution in [0.15, 0.2) is 40.9 Å². The molecule has 1 fully saturated rings. The molecule has 1 aliphatic rings. The molecule has 1 aromatic heterocycles. The second-order valence-corrected chi connectivity index (χ2v) is 6.39. The summed E-state index contributed by atoms with van der Waals surface area (Å²) in [7, 11) is 0. The van der Waals surface area contributed by atoms with Crippen LogP contribution in [0.2, 0.25) is 0 Å². The summed E-state index contributed by atoms with van der Waals surface area (Å²) < 4.78 is 5.49. The van der Waals surface area contributed by atoms with E-state index in [-0.39, 0.29) is 11.8 Å². The predicted octanol–water partition coefficient (Wildman–Crippen LogP) is 2.40. The minimum atomic E-state index is -0.894. The number of aromatic nitrogens is 1. The number of carbonyl (C=O) groups is 2. The third kappa shape index (κ3) is 3.29. The fourth-order valence-electron chi connectivity index (χ4n) is 3.59. The van der Waals surface area contributed by atoms with Crippen LogP contribution in [0.25, 0.3) is 11.3 Å². The highest BCUT2D eigenvalue weighted by Crippen LogP contribution is 2.34. The van der Waals surface area contributed by atoms with Gasteiger partial charge in [-0.2, -0.15) is 0 Å². The number of rotatable bonds is 5. The van der Waals surface area contributed by atoms with E-state index in [9.17, 15) is 9.59 Å². The van der Waals surface area contributed by atoms with Gasteiger partial charge in [-0.3, -0.25) is 9.59 Å². The summed E-state index contributed by atoms with van der Waals surface area (Å²) in [6, 6.07) is 11.6. The highest BCUT2D eigenvalue weighted by atomic mass is 16.5. The fraction of sp³-hybridized carbons (Fsp3) is 0.421. The van der Waals surface area contributed by atoms with Crippen LogP contribution in [0.1, 0.15) is 32.4 Å². The van der Waals surface area contributed by atoms with Crippen molar-refractivity contribution >= 4 is 11.8 Å². The van der Waals surface area contributed by atoms with Crippen molar-refractivity contribution in [1.82, 2.24) is 15.4 Å². The largest absolute Gasteiger partial charge is 0.361 e. The molecule has 132 valence electrons. The van der Waals surface area contributed by atoms with E-state index in [1.165, 1.54) is 6.92 Å². The number of nitrogens with zero attached hydrogens (tertiary/aromatic N) is 2. The summed E-state index contributed by atoms with van der Waals surface area (Å²) in [5.41, 5.74) is 0.795. The molecular weight excluding hydrogens is 318 g/mol. The Labute approximate surface area is 147 Å². The van der Waals surface area contributed by atoms with Crippen LogP contribution in [0.5, 0.6) is 0 Å². The zero-order valence-electron chi connectivity index (χ0n) is 14.6. The normalized spacial score (nSPS) is 19.8. The molecule has 0 radical (unpaired) electrons. The summed E-state index contributed by atoms with van der Waals surface area (Å²) in [5.74, 6) is 0.394. The summed E-state index contributed by atoms with van der Waals surface area (Å²) >= 11 is 0. The lowest BCUT2D eigenvalue weighted by Crippen LogP contribution is -2.58. The van der Waals surface area contributed by atoms with Gasteiger partial charge in [-0.25, -0.2) is 0 Å². The minimum Gasteiger partial charge on any atom is -0.361 e. The lowest BCUT2D eigenvalue weighted by Gasteiger charge is -2.35. The van der Waals surface area contributed by atoms with Gasteiger partial charge < -0.3 is 14.7 Å². The highest BCUT2D eigenvalue weighted by Gasteiger charge is 2.49. The van der Waals surface area contributed by atoms with Crippen LogP contribution >= 0.6 is 0 Å². The summed E-state index contributed by atoms with van der Waals surface area (Å²) in [4.78, 5) is 26.6. The number of nitrogens with one attached hydrogen (secondary N) is 1. The van der Waals surface area contributed by atoms with Crippen molar-refractivity contribution in [2.24, 2.45) is 0 Å². The monoisotopic (exact) mass is 341 g/mol. The smallest absolute Gasteiger partial charge is 0.246 e. The first-order valence-corrected chi connectivity index (χ1v) is 8.64. The number of likely N-dealkylation sites (tertiary alicyclic amines) is 1. The first-order valence-electron chi connectivity index (χ1n) is 8.64. The van der Waals surface area contributed by atoms with Crippen LogP contribution in [0.3, 0.4) is 0 Å². The van der Waals surface area contributed by atoms with E-state index in [0.717, 1.165) is 17.7 Å². The number of benzene rings is 1. The van der Waals surface area contributed by atoms with Crippen LogP contribution in [0, 0.1) is 0 Å². The summed E-state index contributed by atoms with van der Waals surface area (Å²) in [6.07, 6.45) is 1.76. The minimum absolute atomic E-state index is 0.0912. The fourth-order valence-corrected chi connectivity index (χ4v) is 3.59. The lowest BCUT2D eigenvalue weighted by molar-refractivity contribution is -0.143. The summed E-state index contributed by atoms with van der Waals surface area (Å²) in [5, 5.41) is 7.00. The van der Waals surface area contributed by atoms with Crippen molar-refractivity contribution in [1.29, 1.82) is 0 Å². The Bertz CT molecular complexity index is 756. The quantitative estimate of drug-likeness (QED) is 0.906. The van der Waals surface area contributed by atoms with Crippen LogP contribution in [-0.2, 0) is 16.0 Å². The molecule has 2 aromatic rings. The van der Waals surface area contributed by atoms with Gasteiger partial charge in [0.05, 0.1) is 0 Å². The van der Waals surface area contributed by atoms with E-state index in [0.29, 0.717) is 31.7 Å². The van der Waals surface area contributed by atoms with Gasteiger partial charge in [0, 0.05) is 38.1 Å². The van der Waals surface area contributed by atoms with Crippen molar-refractivity contribution < 1.29 is 14.1 Å². The number of hydrogen-bond donors (Lipinski definition) is 1. The molecule has 25 heavy (non-hydrogen) atoms. The average Bonchev–Trinajstić information content (AvgIpc) is 3.24. The van der Waals surface area contributed by atoms with Crippen molar-refractivity contribution in [3.8, 4) is 11.3 Å². The van der Waals surface area contributed by atoms with Crippen molar-refractivity contribution in [3.05, 3.63) is 42.2 Å². The number of carbonyl (C=O) groups excluding carboxylic acids is 2. The average molecular weight is 341 g/mol. The van der Waals surface area contributed by atoms with Crippen molar-refractivity contribution in [3.63, 3.8) is 0 Å². The molecule has 0 bridgehead atoms. The summed E-state index contributed by atoms with van der Waals surface area (Å²) in [6.45, 7) is 4.50. The maximum absolute atomic E-state index is 12.8. The highest BCUT2D eigenvalue weighted by molar-refractivity contribution is 5.91. The zero-order valence-corrected chi connectivity index (χ0v) is 14.6. The first kappa shape index (κ1) is 17.2. The van der Waals surface area contributed by atoms with E-state index in [1.54, 1.807) is 4.90 Å². The predicted molar refractivity (Wildman–Crippen MR) is 93.7 cm³/mol. The van der Waals surface area contributed by atoms with Gasteiger partial charge in [-0.15, -0.1) is 0 Å². The van der Waals surface area contributed by atoms with Crippen LogP contribution in [0.4, 0.5) is 0 Å². The van der Waals surface area contributed by atoms with Gasteiger partial charge in [0.15, 0.2) is 0 Å². The molecule has 0 aliphatic carbocycles. The standard InChI is InChI=1S/C19H23N3O3/c1-3-20-18(24)19(10-7-11-22(19)14(2)23)13-16-12-17(21-25-16)15-8-5-4-6-9-15/h4-6,8-9,12H,3,7,10-11,13H2,1-2H3,(H,20,24)/t19-/m0/s1. The molecule has 0 spiro atoms. The Morgan fingerprint density at radius 2 is 2.08 bits per heavy atom. The van der Waals surface area contributed by atoms with E-state index >= 15 is 0 Å². The third-order valence-electron chi connectivity index (χ3n) is 4.72. The van der Waals surface area contributed by atoms with Crippen LogP contribution in [-0.4, -0.2) is 40.5 Å². The SMILES string of the molecule is CCNC(=O)[C@@]1(Cc2cc(-c3ccccc3)no2)CCCN1C(C)=O. The van der Waals surface area contributed by atoms with E-state index in [2.05, 4.69) is 10.5 Å². The molecule has 2 amide bonds. The molecule has 6 nitrogen and oxygen atoms in total. The molecule has 3 rings (SSSR count). The van der Waals surface area contributed by atoms with Gasteiger partial charge in [0.25, 0.3) is 0 Å². The molecule has 0 unspecified atom stereocenters. The lowest BCUT2D eigenvalue weighted by atomic mass is 9.89. The molecule has 1 aliphatic heterocycles. The van der Waals surface area contributed by atoms with Gasteiger partial charge in [0.2, 0.25) is 11.8 Å². The van der Waals surface area contributed by atoms with Crippen LogP contribution < -0.4 is 5.32 Å². The van der Waals surface area contributed by atoms with E-state index < -0.39 is 5.54 Å². The van der Waals surface area contributed by atoms with Gasteiger partial charge in [-0.05, 0) is 19.8 Å². The second-order valence-electron chi connectivity index (χ2n) is 6.39. The molecule has 1 atom stereocenters. The van der Waals surface area contributed by atoms with Crippen molar-refractivity contribution in [2.45, 2.75) is 38.6 Å². The van der Waals surface area contributed by atoms with E-state index in [4.69, 9.17) is 4.52 Å². The van der Waals surface area contributed by atoms with E-state index in [1.807, 2.05) is 43.3 Å². The number of hydrogen-bond acceptors (Lipinski definition) is 4. The molecule has 2 heterocycles. The molecule has 0 saturated carbocycles.